The first kappa shape index (κ1) is 13.0. The molecule has 3 rings (SSSR count). The largest absolute Gasteiger partial charge is 0.347 e. The zero-order valence-electron chi connectivity index (χ0n) is 10.6. The quantitative estimate of drug-likeness (QED) is 0.891. The van der Waals surface area contributed by atoms with E-state index >= 15 is 0 Å². The van der Waals surface area contributed by atoms with E-state index in [1.165, 1.54) is 12.1 Å². The van der Waals surface area contributed by atoms with Crippen molar-refractivity contribution < 1.29 is 18.3 Å². The summed E-state index contributed by atoms with van der Waals surface area (Å²) in [5.74, 6) is -2.07. The molecule has 2 fully saturated rings. The molecular formula is C14H17F2NO2. The summed E-state index contributed by atoms with van der Waals surface area (Å²) < 4.78 is 37.5. The minimum atomic E-state index is -0.806. The lowest BCUT2D eigenvalue weighted by Crippen LogP contribution is -2.49. The third-order valence-corrected chi connectivity index (χ3v) is 3.78. The number of ether oxygens (including phenoxy) is 2. The molecule has 19 heavy (non-hydrogen) atoms. The Hall–Kier alpha value is -1.04. The van der Waals surface area contributed by atoms with Crippen LogP contribution in [0.2, 0.25) is 0 Å². The highest BCUT2D eigenvalue weighted by Gasteiger charge is 2.41. The Labute approximate surface area is 110 Å². The van der Waals surface area contributed by atoms with E-state index in [0.717, 1.165) is 24.9 Å². The maximum Gasteiger partial charge on any atom is 0.171 e. The zero-order chi connectivity index (χ0) is 13.3. The van der Waals surface area contributed by atoms with Crippen molar-refractivity contribution in [1.82, 2.24) is 5.32 Å². The summed E-state index contributed by atoms with van der Waals surface area (Å²) in [5.41, 5.74) is 0.784. The minimum absolute atomic E-state index is 0.164. The second kappa shape index (κ2) is 5.15. The van der Waals surface area contributed by atoms with Gasteiger partial charge in [-0.15, -0.1) is 0 Å². The van der Waals surface area contributed by atoms with Crippen molar-refractivity contribution in [2.24, 2.45) is 0 Å². The van der Waals surface area contributed by atoms with Crippen molar-refractivity contribution >= 4 is 0 Å². The third kappa shape index (κ3) is 2.78. The smallest absolute Gasteiger partial charge is 0.171 e. The van der Waals surface area contributed by atoms with Crippen molar-refractivity contribution in [1.29, 1.82) is 0 Å². The summed E-state index contributed by atoms with van der Waals surface area (Å²) >= 11 is 0. The molecule has 1 unspecified atom stereocenters. The highest BCUT2D eigenvalue weighted by atomic mass is 19.2. The van der Waals surface area contributed by atoms with Crippen molar-refractivity contribution in [3.05, 3.63) is 35.4 Å². The Morgan fingerprint density at radius 3 is 2.74 bits per heavy atom. The van der Waals surface area contributed by atoms with Crippen LogP contribution in [-0.4, -0.2) is 31.6 Å². The van der Waals surface area contributed by atoms with Gasteiger partial charge in [-0.25, -0.2) is 8.78 Å². The summed E-state index contributed by atoms with van der Waals surface area (Å²) in [5, 5.41) is 3.38. The molecule has 3 nitrogen and oxygen atoms in total. The van der Waals surface area contributed by atoms with E-state index in [1.807, 2.05) is 0 Å². The third-order valence-electron chi connectivity index (χ3n) is 3.78. The van der Waals surface area contributed by atoms with E-state index in [1.54, 1.807) is 6.07 Å². The van der Waals surface area contributed by atoms with Crippen molar-refractivity contribution in [2.45, 2.75) is 31.1 Å². The van der Waals surface area contributed by atoms with E-state index in [4.69, 9.17) is 9.47 Å². The number of halogens is 2. The number of hydrogen-bond acceptors (Lipinski definition) is 3. The first-order valence-corrected chi connectivity index (χ1v) is 6.62. The minimum Gasteiger partial charge on any atom is -0.347 e. The highest BCUT2D eigenvalue weighted by molar-refractivity contribution is 5.19. The fourth-order valence-electron chi connectivity index (χ4n) is 2.87. The van der Waals surface area contributed by atoms with E-state index in [9.17, 15) is 8.78 Å². The maximum atomic E-state index is 13.2. The Balaban J connectivity index is 1.67. The molecule has 2 aliphatic rings. The molecule has 1 aromatic rings. The van der Waals surface area contributed by atoms with Crippen LogP contribution in [0, 0.1) is 11.6 Å². The SMILES string of the molecule is Fc1ccc(CC2CC3(CCN2)OCCO3)cc1F. The van der Waals surface area contributed by atoms with Crippen LogP contribution in [0.3, 0.4) is 0 Å². The fraction of sp³-hybridized carbons (Fsp3) is 0.571. The van der Waals surface area contributed by atoms with Crippen molar-refractivity contribution in [3.8, 4) is 0 Å². The van der Waals surface area contributed by atoms with E-state index in [2.05, 4.69) is 5.32 Å². The average Bonchev–Trinajstić information content (AvgIpc) is 2.82. The molecule has 1 atom stereocenters. The number of nitrogens with one attached hydrogen (secondary N) is 1. The van der Waals surface area contributed by atoms with Gasteiger partial charge < -0.3 is 14.8 Å². The molecule has 0 saturated carbocycles. The van der Waals surface area contributed by atoms with Gasteiger partial charge in [0, 0.05) is 25.4 Å². The summed E-state index contributed by atoms with van der Waals surface area (Å²) in [7, 11) is 0. The molecule has 0 radical (unpaired) electrons. The van der Waals surface area contributed by atoms with Gasteiger partial charge in [-0.2, -0.15) is 0 Å². The summed E-state index contributed by atoms with van der Waals surface area (Å²) in [4.78, 5) is 0. The highest BCUT2D eigenvalue weighted by Crippen LogP contribution is 2.32. The Morgan fingerprint density at radius 2 is 2.00 bits per heavy atom. The molecule has 0 aromatic heterocycles. The van der Waals surface area contributed by atoms with E-state index in [-0.39, 0.29) is 6.04 Å². The van der Waals surface area contributed by atoms with Gasteiger partial charge in [0.1, 0.15) is 0 Å². The molecule has 1 N–H and O–H groups in total. The first-order chi connectivity index (χ1) is 9.17. The van der Waals surface area contributed by atoms with Gasteiger partial charge >= 0.3 is 0 Å². The maximum absolute atomic E-state index is 13.2. The van der Waals surface area contributed by atoms with Crippen LogP contribution in [0.5, 0.6) is 0 Å². The fourth-order valence-corrected chi connectivity index (χ4v) is 2.87. The van der Waals surface area contributed by atoms with Crippen LogP contribution in [0.15, 0.2) is 18.2 Å². The number of hydrogen-bond donors (Lipinski definition) is 1. The van der Waals surface area contributed by atoms with Crippen LogP contribution in [0.25, 0.3) is 0 Å². The Kier molecular flexibility index (Phi) is 3.52. The molecule has 1 aromatic carbocycles. The molecule has 2 aliphatic heterocycles. The topological polar surface area (TPSA) is 30.5 Å². The lowest BCUT2D eigenvalue weighted by Gasteiger charge is -2.37. The molecule has 2 saturated heterocycles. The van der Waals surface area contributed by atoms with Crippen molar-refractivity contribution in [3.63, 3.8) is 0 Å². The monoisotopic (exact) mass is 269 g/mol. The summed E-state index contributed by atoms with van der Waals surface area (Å²) in [6.07, 6.45) is 2.22. The van der Waals surface area contributed by atoms with Gasteiger partial charge in [0.25, 0.3) is 0 Å². The molecule has 1 spiro atoms. The van der Waals surface area contributed by atoms with Gasteiger partial charge in [-0.05, 0) is 24.1 Å². The Morgan fingerprint density at radius 1 is 1.21 bits per heavy atom. The molecule has 104 valence electrons. The predicted molar refractivity (Wildman–Crippen MR) is 65.7 cm³/mol. The van der Waals surface area contributed by atoms with Crippen LogP contribution in [0.4, 0.5) is 8.78 Å². The lowest BCUT2D eigenvalue weighted by atomic mass is 9.93. The molecule has 2 heterocycles. The number of rotatable bonds is 2. The van der Waals surface area contributed by atoms with Gasteiger partial charge in [0.05, 0.1) is 13.2 Å². The van der Waals surface area contributed by atoms with Gasteiger partial charge in [-0.3, -0.25) is 0 Å². The predicted octanol–water partition coefficient (Wildman–Crippen LogP) is 2.00. The molecule has 0 amide bonds. The van der Waals surface area contributed by atoms with Gasteiger partial charge in [-0.1, -0.05) is 6.07 Å². The van der Waals surface area contributed by atoms with E-state index < -0.39 is 17.4 Å². The average molecular weight is 269 g/mol. The standard InChI is InChI=1S/C14H17F2NO2/c15-12-2-1-10(8-13(12)16)7-11-9-14(3-4-17-11)18-5-6-19-14/h1-2,8,11,17H,3-7,9H2. The normalized spacial score (nSPS) is 25.9. The van der Waals surface area contributed by atoms with Crippen LogP contribution >= 0.6 is 0 Å². The molecule has 0 aliphatic carbocycles. The Bertz CT molecular complexity index is 461. The van der Waals surface area contributed by atoms with Crippen LogP contribution in [-0.2, 0) is 15.9 Å². The molecular weight excluding hydrogens is 252 g/mol. The van der Waals surface area contributed by atoms with Crippen LogP contribution < -0.4 is 5.32 Å². The number of benzene rings is 1. The second-order valence-corrected chi connectivity index (χ2v) is 5.17. The molecule has 5 heteroatoms. The summed E-state index contributed by atoms with van der Waals surface area (Å²) in [6.45, 7) is 2.09. The van der Waals surface area contributed by atoms with Crippen molar-refractivity contribution in [2.75, 3.05) is 19.8 Å². The zero-order valence-corrected chi connectivity index (χ0v) is 10.6. The van der Waals surface area contributed by atoms with Gasteiger partial charge in [0.15, 0.2) is 17.4 Å². The van der Waals surface area contributed by atoms with Crippen LogP contribution in [0.1, 0.15) is 18.4 Å². The number of piperidine rings is 1. The molecule has 0 bridgehead atoms. The summed E-state index contributed by atoms with van der Waals surface area (Å²) in [6, 6.07) is 4.22. The second-order valence-electron chi connectivity index (χ2n) is 5.17. The van der Waals surface area contributed by atoms with E-state index in [0.29, 0.717) is 19.6 Å². The van der Waals surface area contributed by atoms with Gasteiger partial charge in [0.2, 0.25) is 0 Å². The lowest BCUT2D eigenvalue weighted by molar-refractivity contribution is -0.179. The first-order valence-electron chi connectivity index (χ1n) is 6.62.